The Morgan fingerprint density at radius 1 is 1.43 bits per heavy atom. The molecule has 2 N–H and O–H groups in total. The Bertz CT molecular complexity index is 503. The van der Waals surface area contributed by atoms with Gasteiger partial charge in [-0.25, -0.2) is 0 Å². The van der Waals surface area contributed by atoms with Crippen LogP contribution in [0.25, 0.3) is 0 Å². The second kappa shape index (κ2) is 8.21. The van der Waals surface area contributed by atoms with Gasteiger partial charge in [0.15, 0.2) is 0 Å². The molecule has 0 unspecified atom stereocenters. The SMILES string of the molecule is CNCc1cc([N+](=O)[O-])ccc1OCCC(=O)NC(C)C. The first kappa shape index (κ1) is 16.9. The van der Waals surface area contributed by atoms with Gasteiger partial charge in [0.2, 0.25) is 5.91 Å². The molecule has 0 aliphatic rings. The first-order valence-electron chi connectivity index (χ1n) is 6.78. The van der Waals surface area contributed by atoms with Crippen molar-refractivity contribution >= 4 is 11.6 Å². The maximum absolute atomic E-state index is 11.5. The molecule has 0 atom stereocenters. The number of hydrogen-bond donors (Lipinski definition) is 2. The lowest BCUT2D eigenvalue weighted by Crippen LogP contribution is -2.31. The van der Waals surface area contributed by atoms with Crippen LogP contribution in [-0.4, -0.2) is 30.5 Å². The zero-order chi connectivity index (χ0) is 15.8. The van der Waals surface area contributed by atoms with Crippen LogP contribution in [0.3, 0.4) is 0 Å². The zero-order valence-corrected chi connectivity index (χ0v) is 12.5. The molecule has 0 radical (unpaired) electrons. The molecule has 1 amide bonds. The number of carbonyl (C=O) groups excluding carboxylic acids is 1. The third-order valence-electron chi connectivity index (χ3n) is 2.66. The minimum atomic E-state index is -0.445. The van der Waals surface area contributed by atoms with Gasteiger partial charge in [-0.3, -0.25) is 14.9 Å². The molecule has 1 rings (SSSR count). The van der Waals surface area contributed by atoms with E-state index in [9.17, 15) is 14.9 Å². The van der Waals surface area contributed by atoms with E-state index in [1.165, 1.54) is 12.1 Å². The summed E-state index contributed by atoms with van der Waals surface area (Å²) in [6.45, 7) is 4.46. The van der Waals surface area contributed by atoms with Crippen LogP contribution >= 0.6 is 0 Å². The minimum Gasteiger partial charge on any atom is -0.493 e. The van der Waals surface area contributed by atoms with Crippen LogP contribution in [0, 0.1) is 10.1 Å². The van der Waals surface area contributed by atoms with Gasteiger partial charge in [-0.05, 0) is 27.0 Å². The Morgan fingerprint density at radius 3 is 2.71 bits per heavy atom. The molecule has 0 aromatic heterocycles. The topological polar surface area (TPSA) is 93.5 Å². The third-order valence-corrected chi connectivity index (χ3v) is 2.66. The molecule has 0 aliphatic heterocycles. The molecular weight excluding hydrogens is 274 g/mol. The van der Waals surface area contributed by atoms with Gasteiger partial charge in [0.25, 0.3) is 5.69 Å². The first-order valence-corrected chi connectivity index (χ1v) is 6.78. The number of benzene rings is 1. The minimum absolute atomic E-state index is 0.0187. The number of nitrogens with zero attached hydrogens (tertiary/aromatic N) is 1. The summed E-state index contributed by atoms with van der Waals surface area (Å²) in [6, 6.07) is 4.52. The quantitative estimate of drug-likeness (QED) is 0.561. The van der Waals surface area contributed by atoms with E-state index in [0.717, 1.165) is 0 Å². The van der Waals surface area contributed by atoms with Gasteiger partial charge in [-0.15, -0.1) is 0 Å². The summed E-state index contributed by atoms with van der Waals surface area (Å²) in [5.41, 5.74) is 0.709. The number of carbonyl (C=O) groups is 1. The van der Waals surface area contributed by atoms with E-state index in [0.29, 0.717) is 17.9 Å². The summed E-state index contributed by atoms with van der Waals surface area (Å²) in [4.78, 5) is 21.8. The number of rotatable bonds is 8. The van der Waals surface area contributed by atoms with Crippen LogP contribution < -0.4 is 15.4 Å². The molecule has 0 aliphatic carbocycles. The molecule has 0 heterocycles. The Hall–Kier alpha value is -2.15. The van der Waals surface area contributed by atoms with Crippen LogP contribution in [0.4, 0.5) is 5.69 Å². The van der Waals surface area contributed by atoms with Crippen molar-refractivity contribution in [1.82, 2.24) is 10.6 Å². The van der Waals surface area contributed by atoms with E-state index >= 15 is 0 Å². The van der Waals surface area contributed by atoms with Crippen LogP contribution in [0.1, 0.15) is 25.8 Å². The molecule has 0 fully saturated rings. The summed E-state index contributed by atoms with van der Waals surface area (Å²) in [6.07, 6.45) is 0.244. The number of nitrogens with one attached hydrogen (secondary N) is 2. The Kier molecular flexibility index (Phi) is 6.61. The average molecular weight is 295 g/mol. The molecule has 1 aromatic carbocycles. The molecule has 0 saturated carbocycles. The predicted octanol–water partition coefficient (Wildman–Crippen LogP) is 1.61. The van der Waals surface area contributed by atoms with Crippen molar-refractivity contribution in [3.8, 4) is 5.75 Å². The van der Waals surface area contributed by atoms with Crippen LogP contribution in [0.5, 0.6) is 5.75 Å². The third kappa shape index (κ3) is 5.78. The van der Waals surface area contributed by atoms with E-state index in [1.807, 2.05) is 13.8 Å². The van der Waals surface area contributed by atoms with E-state index < -0.39 is 4.92 Å². The second-order valence-corrected chi connectivity index (χ2v) is 4.90. The number of nitro groups is 1. The van der Waals surface area contributed by atoms with Gasteiger partial charge in [0.1, 0.15) is 5.75 Å². The predicted molar refractivity (Wildman–Crippen MR) is 79.3 cm³/mol. The van der Waals surface area contributed by atoms with Crippen molar-refractivity contribution in [3.05, 3.63) is 33.9 Å². The van der Waals surface area contributed by atoms with Gasteiger partial charge in [-0.1, -0.05) is 0 Å². The Balaban J connectivity index is 2.65. The van der Waals surface area contributed by atoms with Gasteiger partial charge >= 0.3 is 0 Å². The van der Waals surface area contributed by atoms with Gasteiger partial charge in [0, 0.05) is 30.3 Å². The van der Waals surface area contributed by atoms with Crippen molar-refractivity contribution < 1.29 is 14.5 Å². The average Bonchev–Trinajstić information content (AvgIpc) is 2.39. The molecular formula is C14H21N3O4. The highest BCUT2D eigenvalue weighted by molar-refractivity contribution is 5.76. The highest BCUT2D eigenvalue weighted by Crippen LogP contribution is 2.24. The van der Waals surface area contributed by atoms with E-state index in [2.05, 4.69) is 10.6 Å². The monoisotopic (exact) mass is 295 g/mol. The lowest BCUT2D eigenvalue weighted by molar-refractivity contribution is -0.384. The first-order chi connectivity index (χ1) is 9.93. The molecule has 0 bridgehead atoms. The molecule has 7 heteroatoms. The summed E-state index contributed by atoms with van der Waals surface area (Å²) >= 11 is 0. The highest BCUT2D eigenvalue weighted by Gasteiger charge is 2.12. The van der Waals surface area contributed by atoms with Crippen LogP contribution in [-0.2, 0) is 11.3 Å². The molecule has 116 valence electrons. The molecule has 7 nitrogen and oxygen atoms in total. The maximum Gasteiger partial charge on any atom is 0.270 e. The lowest BCUT2D eigenvalue weighted by atomic mass is 10.1. The van der Waals surface area contributed by atoms with E-state index in [4.69, 9.17) is 4.74 Å². The Labute approximate surface area is 123 Å². The van der Waals surface area contributed by atoms with Crippen LogP contribution in [0.15, 0.2) is 18.2 Å². The molecule has 0 spiro atoms. The summed E-state index contributed by atoms with van der Waals surface area (Å²) in [5.74, 6) is 0.467. The standard InChI is InChI=1S/C14H21N3O4/c1-10(2)16-14(18)6-7-21-13-5-4-12(17(19)20)8-11(13)9-15-3/h4-5,8,10,15H,6-7,9H2,1-3H3,(H,16,18). The number of amides is 1. The van der Waals surface area contributed by atoms with E-state index in [1.54, 1.807) is 13.1 Å². The second-order valence-electron chi connectivity index (χ2n) is 4.90. The van der Waals surface area contributed by atoms with Crippen molar-refractivity contribution in [1.29, 1.82) is 0 Å². The summed E-state index contributed by atoms with van der Waals surface area (Å²) < 4.78 is 5.55. The van der Waals surface area contributed by atoms with Gasteiger partial charge < -0.3 is 15.4 Å². The van der Waals surface area contributed by atoms with Crippen molar-refractivity contribution in [2.75, 3.05) is 13.7 Å². The normalized spacial score (nSPS) is 10.5. The van der Waals surface area contributed by atoms with Gasteiger partial charge in [0.05, 0.1) is 18.0 Å². The van der Waals surface area contributed by atoms with Gasteiger partial charge in [-0.2, -0.15) is 0 Å². The number of ether oxygens (including phenoxy) is 1. The number of non-ortho nitro benzene ring substituents is 1. The van der Waals surface area contributed by atoms with E-state index in [-0.39, 0.29) is 30.7 Å². The number of hydrogen-bond acceptors (Lipinski definition) is 5. The highest BCUT2D eigenvalue weighted by atomic mass is 16.6. The molecule has 21 heavy (non-hydrogen) atoms. The molecule has 0 saturated heterocycles. The fourth-order valence-corrected chi connectivity index (χ4v) is 1.80. The molecule has 1 aromatic rings. The Morgan fingerprint density at radius 2 is 2.14 bits per heavy atom. The fraction of sp³-hybridized carbons (Fsp3) is 0.500. The fourth-order valence-electron chi connectivity index (χ4n) is 1.80. The van der Waals surface area contributed by atoms with Crippen LogP contribution in [0.2, 0.25) is 0 Å². The summed E-state index contributed by atoms with van der Waals surface area (Å²) in [5, 5.41) is 16.5. The van der Waals surface area contributed by atoms with Crippen molar-refractivity contribution in [2.45, 2.75) is 32.9 Å². The largest absolute Gasteiger partial charge is 0.493 e. The zero-order valence-electron chi connectivity index (χ0n) is 12.5. The van der Waals surface area contributed by atoms with Crippen molar-refractivity contribution in [3.63, 3.8) is 0 Å². The maximum atomic E-state index is 11.5. The summed E-state index contributed by atoms with van der Waals surface area (Å²) in [7, 11) is 1.75. The van der Waals surface area contributed by atoms with Crippen molar-refractivity contribution in [2.24, 2.45) is 0 Å². The lowest BCUT2D eigenvalue weighted by Gasteiger charge is -2.12. The number of nitro benzene ring substituents is 1. The smallest absolute Gasteiger partial charge is 0.270 e.